The first-order valence-electron chi connectivity index (χ1n) is 6.32. The monoisotopic (exact) mass is 249 g/mol. The normalized spacial score (nSPS) is 13.8. The van der Waals surface area contributed by atoms with E-state index in [-0.39, 0.29) is 17.9 Å². The molecule has 1 aromatic carbocycles. The predicted molar refractivity (Wildman–Crippen MR) is 75.5 cm³/mol. The van der Waals surface area contributed by atoms with E-state index in [4.69, 9.17) is 5.73 Å². The van der Waals surface area contributed by atoms with Crippen molar-refractivity contribution in [2.45, 2.75) is 19.9 Å². The molecule has 0 spiro atoms. The minimum atomic E-state index is -0.126. The van der Waals surface area contributed by atoms with E-state index in [0.717, 1.165) is 5.69 Å². The van der Waals surface area contributed by atoms with Crippen LogP contribution in [0.25, 0.3) is 0 Å². The lowest BCUT2D eigenvalue weighted by Crippen LogP contribution is -2.42. The van der Waals surface area contributed by atoms with E-state index in [9.17, 15) is 4.79 Å². The number of carbonyl (C=O) groups is 1. The maximum Gasteiger partial charge on any atom is 0.224 e. The third-order valence-electron chi connectivity index (χ3n) is 3.20. The summed E-state index contributed by atoms with van der Waals surface area (Å²) in [5.41, 5.74) is 6.60. The van der Waals surface area contributed by atoms with Crippen molar-refractivity contribution in [3.8, 4) is 0 Å². The summed E-state index contributed by atoms with van der Waals surface area (Å²) < 4.78 is 0. The van der Waals surface area contributed by atoms with Crippen LogP contribution in [0.1, 0.15) is 13.8 Å². The zero-order chi connectivity index (χ0) is 13.5. The molecule has 1 rings (SSSR count). The van der Waals surface area contributed by atoms with Crippen molar-refractivity contribution in [1.29, 1.82) is 0 Å². The molecular formula is C14H23N3O. The molecule has 0 heterocycles. The maximum atomic E-state index is 11.6. The molecule has 0 saturated carbocycles. The number of likely N-dealkylation sites (N-methyl/N-ethyl adjacent to an activating group) is 1. The van der Waals surface area contributed by atoms with Gasteiger partial charge in [0.05, 0.1) is 0 Å². The number of amides is 1. The fourth-order valence-electron chi connectivity index (χ4n) is 1.58. The Morgan fingerprint density at radius 2 is 1.94 bits per heavy atom. The van der Waals surface area contributed by atoms with Crippen LogP contribution in [-0.4, -0.2) is 32.1 Å². The van der Waals surface area contributed by atoms with Gasteiger partial charge in [0.15, 0.2) is 0 Å². The van der Waals surface area contributed by atoms with Gasteiger partial charge < -0.3 is 16.0 Å². The van der Waals surface area contributed by atoms with Gasteiger partial charge in [0.2, 0.25) is 5.91 Å². The standard InChI is InChI=1S/C14H23N3O/c1-11(9-15)14(18)16-10-12(2)17(3)13-7-5-4-6-8-13/h4-8,11-12H,9-10,15H2,1-3H3,(H,16,18). The van der Waals surface area contributed by atoms with Crippen LogP contribution in [0.5, 0.6) is 0 Å². The van der Waals surface area contributed by atoms with Gasteiger partial charge >= 0.3 is 0 Å². The lowest BCUT2D eigenvalue weighted by atomic mass is 10.1. The third-order valence-corrected chi connectivity index (χ3v) is 3.20. The van der Waals surface area contributed by atoms with E-state index >= 15 is 0 Å². The molecule has 3 N–H and O–H groups in total. The number of nitrogens with two attached hydrogens (primary N) is 1. The Labute approximate surface area is 109 Å². The molecule has 18 heavy (non-hydrogen) atoms. The smallest absolute Gasteiger partial charge is 0.224 e. The van der Waals surface area contributed by atoms with Gasteiger partial charge in [-0.25, -0.2) is 0 Å². The predicted octanol–water partition coefficient (Wildman–Crippen LogP) is 1.22. The summed E-state index contributed by atoms with van der Waals surface area (Å²) in [5, 5.41) is 2.92. The molecule has 0 fully saturated rings. The van der Waals surface area contributed by atoms with E-state index < -0.39 is 0 Å². The average Bonchev–Trinajstić information content (AvgIpc) is 2.43. The fraction of sp³-hybridized carbons (Fsp3) is 0.500. The van der Waals surface area contributed by atoms with Crippen molar-refractivity contribution in [3.63, 3.8) is 0 Å². The molecule has 1 aromatic rings. The molecule has 0 aromatic heterocycles. The Morgan fingerprint density at radius 1 is 1.33 bits per heavy atom. The van der Waals surface area contributed by atoms with E-state index in [1.54, 1.807) is 0 Å². The fourth-order valence-corrected chi connectivity index (χ4v) is 1.58. The van der Waals surface area contributed by atoms with Gasteiger partial charge in [-0.05, 0) is 19.1 Å². The topological polar surface area (TPSA) is 58.4 Å². The second-order valence-electron chi connectivity index (χ2n) is 4.68. The lowest BCUT2D eigenvalue weighted by molar-refractivity contribution is -0.124. The van der Waals surface area contributed by atoms with E-state index in [2.05, 4.69) is 29.3 Å². The average molecular weight is 249 g/mol. The first kappa shape index (κ1) is 14.5. The molecule has 4 heteroatoms. The van der Waals surface area contributed by atoms with Crippen molar-refractivity contribution < 1.29 is 4.79 Å². The highest BCUT2D eigenvalue weighted by atomic mass is 16.1. The second-order valence-corrected chi connectivity index (χ2v) is 4.68. The summed E-state index contributed by atoms with van der Waals surface area (Å²) in [7, 11) is 2.03. The molecule has 1 amide bonds. The van der Waals surface area contributed by atoms with Crippen LogP contribution in [0.15, 0.2) is 30.3 Å². The van der Waals surface area contributed by atoms with Crippen molar-refractivity contribution >= 4 is 11.6 Å². The minimum Gasteiger partial charge on any atom is -0.370 e. The highest BCUT2D eigenvalue weighted by molar-refractivity contribution is 5.78. The molecule has 4 nitrogen and oxygen atoms in total. The highest BCUT2D eigenvalue weighted by Gasteiger charge is 2.14. The van der Waals surface area contributed by atoms with Crippen LogP contribution < -0.4 is 16.0 Å². The molecule has 2 unspecified atom stereocenters. The zero-order valence-electron chi connectivity index (χ0n) is 11.4. The van der Waals surface area contributed by atoms with Crippen LogP contribution in [0.3, 0.4) is 0 Å². The number of hydrogen-bond donors (Lipinski definition) is 2. The first-order valence-corrected chi connectivity index (χ1v) is 6.32. The molecule has 0 aliphatic heterocycles. The first-order chi connectivity index (χ1) is 8.56. The van der Waals surface area contributed by atoms with Gasteiger partial charge in [-0.2, -0.15) is 0 Å². The molecule has 0 bridgehead atoms. The SMILES string of the molecule is CC(CN)C(=O)NCC(C)N(C)c1ccccc1. The summed E-state index contributed by atoms with van der Waals surface area (Å²) in [6.07, 6.45) is 0. The van der Waals surface area contributed by atoms with E-state index in [1.165, 1.54) is 0 Å². The van der Waals surface area contributed by atoms with Gasteiger partial charge in [-0.1, -0.05) is 25.1 Å². The summed E-state index contributed by atoms with van der Waals surface area (Å²) in [4.78, 5) is 13.8. The highest BCUT2D eigenvalue weighted by Crippen LogP contribution is 2.13. The van der Waals surface area contributed by atoms with Crippen LogP contribution in [0.4, 0.5) is 5.69 Å². The maximum absolute atomic E-state index is 11.6. The summed E-state index contributed by atoms with van der Waals surface area (Å²) in [6.45, 7) is 4.92. The summed E-state index contributed by atoms with van der Waals surface area (Å²) in [5.74, 6) is -0.106. The zero-order valence-corrected chi connectivity index (χ0v) is 11.4. The van der Waals surface area contributed by atoms with E-state index in [1.807, 2.05) is 32.2 Å². The summed E-state index contributed by atoms with van der Waals surface area (Å²) in [6, 6.07) is 10.4. The molecular weight excluding hydrogens is 226 g/mol. The number of anilines is 1. The van der Waals surface area contributed by atoms with Gasteiger partial charge in [0, 0.05) is 37.8 Å². The van der Waals surface area contributed by atoms with Crippen molar-refractivity contribution in [2.75, 3.05) is 25.0 Å². The minimum absolute atomic E-state index is 0.0193. The van der Waals surface area contributed by atoms with Gasteiger partial charge in [-0.15, -0.1) is 0 Å². The van der Waals surface area contributed by atoms with Gasteiger partial charge in [0.1, 0.15) is 0 Å². The van der Waals surface area contributed by atoms with Crippen molar-refractivity contribution in [1.82, 2.24) is 5.32 Å². The van der Waals surface area contributed by atoms with Crippen molar-refractivity contribution in [2.24, 2.45) is 11.7 Å². The molecule has 0 saturated heterocycles. The Morgan fingerprint density at radius 3 is 2.50 bits per heavy atom. The Balaban J connectivity index is 2.46. The number of rotatable bonds is 6. The molecule has 0 radical (unpaired) electrons. The second kappa shape index (κ2) is 7.01. The van der Waals surface area contributed by atoms with E-state index in [0.29, 0.717) is 13.1 Å². The Kier molecular flexibility index (Phi) is 5.65. The van der Waals surface area contributed by atoms with Crippen LogP contribution in [0, 0.1) is 5.92 Å². The molecule has 2 atom stereocenters. The number of para-hydroxylation sites is 1. The van der Waals surface area contributed by atoms with Crippen LogP contribution >= 0.6 is 0 Å². The van der Waals surface area contributed by atoms with Gasteiger partial charge in [-0.3, -0.25) is 4.79 Å². The number of nitrogens with zero attached hydrogens (tertiary/aromatic N) is 1. The number of benzene rings is 1. The number of nitrogens with one attached hydrogen (secondary N) is 1. The van der Waals surface area contributed by atoms with Crippen molar-refractivity contribution in [3.05, 3.63) is 30.3 Å². The van der Waals surface area contributed by atoms with Crippen LogP contribution in [0.2, 0.25) is 0 Å². The quantitative estimate of drug-likeness (QED) is 0.797. The molecule has 100 valence electrons. The van der Waals surface area contributed by atoms with Gasteiger partial charge in [0.25, 0.3) is 0 Å². The summed E-state index contributed by atoms with van der Waals surface area (Å²) >= 11 is 0. The Hall–Kier alpha value is -1.55. The third kappa shape index (κ3) is 4.04. The lowest BCUT2D eigenvalue weighted by Gasteiger charge is -2.27. The van der Waals surface area contributed by atoms with Crippen LogP contribution in [-0.2, 0) is 4.79 Å². The number of carbonyl (C=O) groups excluding carboxylic acids is 1. The number of hydrogen-bond acceptors (Lipinski definition) is 3. The molecule has 0 aliphatic rings. The largest absolute Gasteiger partial charge is 0.370 e. The molecule has 0 aliphatic carbocycles. The Bertz CT molecular complexity index is 367.